The fourth-order valence-electron chi connectivity index (χ4n) is 2.09. The van der Waals surface area contributed by atoms with Gasteiger partial charge in [-0.25, -0.2) is 0 Å². The summed E-state index contributed by atoms with van der Waals surface area (Å²) in [4.78, 5) is 2.43. The van der Waals surface area contributed by atoms with E-state index in [0.29, 0.717) is 0 Å². The van der Waals surface area contributed by atoms with E-state index in [1.54, 1.807) is 0 Å². The molecular weight excluding hydrogens is 170 g/mol. The summed E-state index contributed by atoms with van der Waals surface area (Å²) < 4.78 is 0. The van der Waals surface area contributed by atoms with Gasteiger partial charge in [-0.3, -0.25) is 0 Å². The Hall–Kier alpha value is -1.24. The summed E-state index contributed by atoms with van der Waals surface area (Å²) in [6.07, 6.45) is 3.43. The quantitative estimate of drug-likeness (QED) is 0.703. The molecule has 1 aromatic carbocycles. The van der Waals surface area contributed by atoms with Gasteiger partial charge in [-0.15, -0.1) is 0 Å². The molecule has 0 heterocycles. The van der Waals surface area contributed by atoms with Crippen molar-refractivity contribution in [2.45, 2.75) is 20.3 Å². The summed E-state index contributed by atoms with van der Waals surface area (Å²) in [5.41, 5.74) is 4.33. The molecule has 0 saturated carbocycles. The monoisotopic (exact) mass is 187 g/mol. The average molecular weight is 187 g/mol. The van der Waals surface area contributed by atoms with Crippen molar-refractivity contribution >= 4 is 6.08 Å². The van der Waals surface area contributed by atoms with Gasteiger partial charge in [-0.2, -0.15) is 0 Å². The van der Waals surface area contributed by atoms with Crippen molar-refractivity contribution in [3.8, 4) is 0 Å². The summed E-state index contributed by atoms with van der Waals surface area (Å²) in [6.45, 7) is 6.65. The molecule has 1 aliphatic carbocycles. The number of nitrogens with zero attached hydrogens (tertiary/aromatic N) is 1. The van der Waals surface area contributed by atoms with Gasteiger partial charge < -0.3 is 4.90 Å². The van der Waals surface area contributed by atoms with Crippen molar-refractivity contribution in [1.29, 1.82) is 0 Å². The Morgan fingerprint density at radius 1 is 1.14 bits per heavy atom. The molecule has 0 saturated heterocycles. The fraction of sp³-hybridized carbons (Fsp3) is 0.385. The van der Waals surface area contributed by atoms with E-state index in [1.807, 2.05) is 0 Å². The predicted octanol–water partition coefficient (Wildman–Crippen LogP) is 2.93. The van der Waals surface area contributed by atoms with Crippen LogP contribution in [0.5, 0.6) is 0 Å². The van der Waals surface area contributed by atoms with E-state index in [-0.39, 0.29) is 0 Å². The third kappa shape index (κ3) is 1.54. The standard InChI is InChI=1S/C13H17N/c1-3-14(4-2)13-9-11-7-5-6-8-12(11)10-13/h5-9H,3-4,10H2,1-2H3. The van der Waals surface area contributed by atoms with Crippen molar-refractivity contribution in [1.82, 2.24) is 4.90 Å². The van der Waals surface area contributed by atoms with Crippen LogP contribution in [0.1, 0.15) is 25.0 Å². The molecule has 0 atom stereocenters. The van der Waals surface area contributed by atoms with Crippen molar-refractivity contribution in [2.24, 2.45) is 0 Å². The number of likely N-dealkylation sites (N-methyl/N-ethyl adjacent to an activating group) is 1. The Morgan fingerprint density at radius 2 is 1.86 bits per heavy atom. The molecule has 0 aromatic heterocycles. The molecule has 0 spiro atoms. The number of hydrogen-bond donors (Lipinski definition) is 0. The first-order valence-corrected chi connectivity index (χ1v) is 5.38. The third-order valence-corrected chi connectivity index (χ3v) is 2.92. The average Bonchev–Trinajstić information content (AvgIpc) is 2.63. The van der Waals surface area contributed by atoms with Gasteiger partial charge in [0.05, 0.1) is 0 Å². The van der Waals surface area contributed by atoms with Gasteiger partial charge in [-0.05, 0) is 31.1 Å². The maximum atomic E-state index is 2.43. The van der Waals surface area contributed by atoms with Gasteiger partial charge >= 0.3 is 0 Å². The maximum Gasteiger partial charge on any atom is 0.0183 e. The lowest BCUT2D eigenvalue weighted by atomic mass is 10.1. The second kappa shape index (κ2) is 3.87. The molecule has 1 aromatic rings. The maximum absolute atomic E-state index is 2.43. The highest BCUT2D eigenvalue weighted by atomic mass is 15.1. The van der Waals surface area contributed by atoms with Crippen molar-refractivity contribution < 1.29 is 0 Å². The molecule has 0 radical (unpaired) electrons. The summed E-state index contributed by atoms with van der Waals surface area (Å²) in [6, 6.07) is 8.66. The van der Waals surface area contributed by atoms with Gasteiger partial charge in [0.25, 0.3) is 0 Å². The van der Waals surface area contributed by atoms with Crippen LogP contribution in [0.15, 0.2) is 30.0 Å². The minimum absolute atomic E-state index is 1.11. The lowest BCUT2D eigenvalue weighted by Gasteiger charge is -2.22. The molecule has 0 amide bonds. The second-order valence-corrected chi connectivity index (χ2v) is 3.68. The summed E-state index contributed by atoms with van der Waals surface area (Å²) in [7, 11) is 0. The highest BCUT2D eigenvalue weighted by Gasteiger charge is 2.14. The number of allylic oxidation sites excluding steroid dienone is 1. The summed E-state index contributed by atoms with van der Waals surface area (Å²) in [5.74, 6) is 0. The molecule has 0 N–H and O–H groups in total. The van der Waals surface area contributed by atoms with Crippen LogP contribution in [0.2, 0.25) is 0 Å². The molecule has 74 valence electrons. The minimum atomic E-state index is 1.11. The van der Waals surface area contributed by atoms with E-state index in [0.717, 1.165) is 19.5 Å². The topological polar surface area (TPSA) is 3.24 Å². The van der Waals surface area contributed by atoms with E-state index in [1.165, 1.54) is 16.8 Å². The highest BCUT2D eigenvalue weighted by Crippen LogP contribution is 2.26. The Bertz CT molecular complexity index is 348. The third-order valence-electron chi connectivity index (χ3n) is 2.92. The smallest absolute Gasteiger partial charge is 0.0183 e. The Balaban J connectivity index is 2.22. The van der Waals surface area contributed by atoms with Crippen molar-refractivity contribution in [3.63, 3.8) is 0 Å². The molecule has 0 unspecified atom stereocenters. The lowest BCUT2D eigenvalue weighted by Crippen LogP contribution is -2.21. The number of benzene rings is 1. The van der Waals surface area contributed by atoms with Crippen molar-refractivity contribution in [3.05, 3.63) is 41.1 Å². The van der Waals surface area contributed by atoms with E-state index in [2.05, 4.69) is 49.1 Å². The second-order valence-electron chi connectivity index (χ2n) is 3.68. The van der Waals surface area contributed by atoms with Crippen LogP contribution in [0.4, 0.5) is 0 Å². The van der Waals surface area contributed by atoms with Crippen LogP contribution in [0.3, 0.4) is 0 Å². The summed E-state index contributed by atoms with van der Waals surface area (Å²) in [5, 5.41) is 0. The molecule has 0 aliphatic heterocycles. The largest absolute Gasteiger partial charge is 0.375 e. The first-order chi connectivity index (χ1) is 6.85. The highest BCUT2D eigenvalue weighted by molar-refractivity contribution is 5.63. The Morgan fingerprint density at radius 3 is 2.50 bits per heavy atom. The van der Waals surface area contributed by atoms with Crippen LogP contribution in [-0.2, 0) is 6.42 Å². The Labute approximate surface area is 86.1 Å². The van der Waals surface area contributed by atoms with Crippen molar-refractivity contribution in [2.75, 3.05) is 13.1 Å². The zero-order valence-corrected chi connectivity index (χ0v) is 8.96. The molecule has 1 nitrogen and oxygen atoms in total. The first kappa shape index (κ1) is 9.32. The zero-order valence-electron chi connectivity index (χ0n) is 8.96. The van der Waals surface area contributed by atoms with Crippen LogP contribution in [0.25, 0.3) is 6.08 Å². The fourth-order valence-corrected chi connectivity index (χ4v) is 2.09. The van der Waals surface area contributed by atoms with Gasteiger partial charge in [0.2, 0.25) is 0 Å². The van der Waals surface area contributed by atoms with E-state index < -0.39 is 0 Å². The summed E-state index contributed by atoms with van der Waals surface area (Å²) >= 11 is 0. The molecule has 1 aliphatic rings. The van der Waals surface area contributed by atoms with Crippen LogP contribution in [0, 0.1) is 0 Å². The van der Waals surface area contributed by atoms with Crippen LogP contribution < -0.4 is 0 Å². The first-order valence-electron chi connectivity index (χ1n) is 5.38. The van der Waals surface area contributed by atoms with E-state index >= 15 is 0 Å². The van der Waals surface area contributed by atoms with E-state index in [4.69, 9.17) is 0 Å². The SMILES string of the molecule is CCN(CC)C1=Cc2ccccc2C1. The van der Waals surface area contributed by atoms with Crippen LogP contribution >= 0.6 is 0 Å². The van der Waals surface area contributed by atoms with Gasteiger partial charge in [0, 0.05) is 25.2 Å². The zero-order chi connectivity index (χ0) is 9.97. The number of hydrogen-bond acceptors (Lipinski definition) is 1. The molecule has 0 bridgehead atoms. The van der Waals surface area contributed by atoms with Crippen LogP contribution in [-0.4, -0.2) is 18.0 Å². The lowest BCUT2D eigenvalue weighted by molar-refractivity contribution is 0.380. The van der Waals surface area contributed by atoms with Gasteiger partial charge in [-0.1, -0.05) is 24.3 Å². The normalized spacial score (nSPS) is 13.7. The van der Waals surface area contributed by atoms with Gasteiger partial charge in [0.1, 0.15) is 0 Å². The minimum Gasteiger partial charge on any atom is -0.375 e. The molecule has 0 fully saturated rings. The van der Waals surface area contributed by atoms with E-state index in [9.17, 15) is 0 Å². The molecular formula is C13H17N. The molecule has 1 heteroatoms. The molecule has 2 rings (SSSR count). The Kier molecular flexibility index (Phi) is 2.58. The number of rotatable bonds is 3. The molecule has 14 heavy (non-hydrogen) atoms. The number of fused-ring (bicyclic) bond motifs is 1. The van der Waals surface area contributed by atoms with Gasteiger partial charge in [0.15, 0.2) is 0 Å². The predicted molar refractivity (Wildman–Crippen MR) is 61.0 cm³/mol.